The molecule has 0 spiro atoms. The molecule has 0 amide bonds. The second kappa shape index (κ2) is 13.3. The molecule has 0 aliphatic rings. The largest absolute Gasteiger partial charge is 0.419 e. The zero-order valence-electron chi connectivity index (χ0n) is 19.5. The van der Waals surface area contributed by atoms with E-state index in [1.165, 1.54) is 32.1 Å². The quantitative estimate of drug-likeness (QED) is 0.299. The van der Waals surface area contributed by atoms with Crippen molar-refractivity contribution < 1.29 is 4.43 Å². The van der Waals surface area contributed by atoms with Crippen LogP contribution in [0, 0.1) is 5.41 Å². The molecule has 0 N–H and O–H groups in total. The van der Waals surface area contributed by atoms with Crippen LogP contribution in [0.5, 0.6) is 0 Å². The summed E-state index contributed by atoms with van der Waals surface area (Å²) >= 11 is 0. The molecule has 0 radical (unpaired) electrons. The smallest absolute Gasteiger partial charge is 0.162 e. The van der Waals surface area contributed by atoms with Crippen molar-refractivity contribution >= 4 is 9.76 Å². The van der Waals surface area contributed by atoms with Gasteiger partial charge in [0.2, 0.25) is 0 Å². The van der Waals surface area contributed by atoms with E-state index in [1.54, 1.807) is 0 Å². The van der Waals surface area contributed by atoms with E-state index in [1.807, 2.05) is 0 Å². The minimum atomic E-state index is -0.471. The fourth-order valence-corrected chi connectivity index (χ4v) is 5.60. The summed E-state index contributed by atoms with van der Waals surface area (Å²) in [6.07, 6.45) is 3.52. The molecule has 0 unspecified atom stereocenters. The summed E-state index contributed by atoms with van der Waals surface area (Å²) in [7, 11) is 6.34. The molecule has 4 nitrogen and oxygen atoms in total. The molecular formula is C21H49N3OSi. The van der Waals surface area contributed by atoms with Gasteiger partial charge in [-0.3, -0.25) is 0 Å². The van der Waals surface area contributed by atoms with Gasteiger partial charge in [0.05, 0.1) is 5.60 Å². The molecule has 0 fully saturated rings. The molecule has 0 aliphatic heterocycles. The normalized spacial score (nSPS) is 13.8. The van der Waals surface area contributed by atoms with Crippen molar-refractivity contribution in [1.29, 1.82) is 0 Å². The highest BCUT2D eigenvalue weighted by atomic mass is 28.2. The SMILES string of the molecule is CCN(C)CC(CC[SiH2]OC(C)(CC)CC)(CN(C)CC)CN(C)CC. The van der Waals surface area contributed by atoms with E-state index in [4.69, 9.17) is 4.43 Å². The average Bonchev–Trinajstić information content (AvgIpc) is 2.64. The minimum Gasteiger partial charge on any atom is -0.419 e. The Morgan fingerprint density at radius 3 is 1.42 bits per heavy atom. The predicted molar refractivity (Wildman–Crippen MR) is 120 cm³/mol. The number of hydrogen-bond donors (Lipinski definition) is 0. The van der Waals surface area contributed by atoms with Crippen LogP contribution < -0.4 is 0 Å². The first-order chi connectivity index (χ1) is 12.2. The summed E-state index contributed by atoms with van der Waals surface area (Å²) in [4.78, 5) is 7.49. The summed E-state index contributed by atoms with van der Waals surface area (Å²) < 4.78 is 6.42. The fourth-order valence-electron chi connectivity index (χ4n) is 3.66. The maximum atomic E-state index is 6.42. The third-order valence-corrected chi connectivity index (χ3v) is 7.78. The second-order valence-corrected chi connectivity index (χ2v) is 10.0. The van der Waals surface area contributed by atoms with Crippen molar-refractivity contribution in [3.05, 3.63) is 0 Å². The van der Waals surface area contributed by atoms with Crippen molar-refractivity contribution in [3.63, 3.8) is 0 Å². The van der Waals surface area contributed by atoms with Gasteiger partial charge in [-0.2, -0.15) is 0 Å². The highest BCUT2D eigenvalue weighted by Gasteiger charge is 2.33. The van der Waals surface area contributed by atoms with Crippen LogP contribution in [-0.2, 0) is 4.43 Å². The van der Waals surface area contributed by atoms with Crippen molar-refractivity contribution in [2.75, 3.05) is 60.4 Å². The molecule has 0 heterocycles. The van der Waals surface area contributed by atoms with Crippen LogP contribution in [0.25, 0.3) is 0 Å². The van der Waals surface area contributed by atoms with Gasteiger partial charge in [0.15, 0.2) is 9.76 Å². The average molecular weight is 388 g/mol. The molecule has 0 saturated carbocycles. The topological polar surface area (TPSA) is 19.0 Å². The van der Waals surface area contributed by atoms with E-state index < -0.39 is 9.76 Å². The van der Waals surface area contributed by atoms with Gasteiger partial charge in [-0.1, -0.05) is 34.6 Å². The van der Waals surface area contributed by atoms with Crippen molar-refractivity contribution in [1.82, 2.24) is 14.7 Å². The van der Waals surface area contributed by atoms with E-state index in [9.17, 15) is 0 Å². The van der Waals surface area contributed by atoms with Crippen LogP contribution in [-0.4, -0.2) is 90.5 Å². The van der Waals surface area contributed by atoms with E-state index in [0.29, 0.717) is 5.41 Å². The van der Waals surface area contributed by atoms with Crippen LogP contribution in [0.1, 0.15) is 60.8 Å². The third kappa shape index (κ3) is 9.84. The van der Waals surface area contributed by atoms with E-state index in [-0.39, 0.29) is 5.60 Å². The lowest BCUT2D eigenvalue weighted by Gasteiger charge is -2.42. The van der Waals surface area contributed by atoms with Crippen LogP contribution >= 0.6 is 0 Å². The maximum absolute atomic E-state index is 6.42. The molecule has 0 aromatic heterocycles. The molecule has 0 aliphatic carbocycles. The van der Waals surface area contributed by atoms with Gasteiger partial charge in [0.25, 0.3) is 0 Å². The molecule has 158 valence electrons. The lowest BCUT2D eigenvalue weighted by atomic mass is 9.83. The van der Waals surface area contributed by atoms with Crippen LogP contribution in [0.3, 0.4) is 0 Å². The Hall–Kier alpha value is 0.0569. The summed E-state index contributed by atoms with van der Waals surface area (Å²) in [5.74, 6) is 0. The Bertz CT molecular complexity index is 319. The predicted octanol–water partition coefficient (Wildman–Crippen LogP) is 3.32. The lowest BCUT2D eigenvalue weighted by Crippen LogP contribution is -2.50. The monoisotopic (exact) mass is 387 g/mol. The molecular weight excluding hydrogens is 338 g/mol. The zero-order valence-corrected chi connectivity index (χ0v) is 20.9. The van der Waals surface area contributed by atoms with Crippen molar-refractivity contribution in [3.8, 4) is 0 Å². The van der Waals surface area contributed by atoms with Crippen molar-refractivity contribution in [2.45, 2.75) is 72.5 Å². The number of rotatable bonds is 16. The van der Waals surface area contributed by atoms with Gasteiger partial charge < -0.3 is 19.1 Å². The van der Waals surface area contributed by atoms with Gasteiger partial charge in [-0.05, 0) is 73.0 Å². The molecule has 0 bridgehead atoms. The van der Waals surface area contributed by atoms with E-state index in [2.05, 4.69) is 77.4 Å². The van der Waals surface area contributed by atoms with Gasteiger partial charge >= 0.3 is 0 Å². The molecule has 0 rings (SSSR count). The van der Waals surface area contributed by atoms with Gasteiger partial charge in [0.1, 0.15) is 0 Å². The number of nitrogens with zero attached hydrogens (tertiary/aromatic N) is 3. The molecule has 0 aromatic carbocycles. The standard InChI is InChI=1S/C21H49N3OSi/c1-10-20(6,11-2)25-26-16-15-21(17-22(7)12-3,18-23(8)13-4)19-24(9)14-5/h10-19,26H2,1-9H3. The summed E-state index contributed by atoms with van der Waals surface area (Å²) in [6.45, 7) is 20.5. The Labute approximate surface area is 167 Å². The lowest BCUT2D eigenvalue weighted by molar-refractivity contribution is 0.0705. The molecule has 0 atom stereocenters. The van der Waals surface area contributed by atoms with Gasteiger partial charge in [-0.15, -0.1) is 0 Å². The highest BCUT2D eigenvalue weighted by molar-refractivity contribution is 6.27. The third-order valence-electron chi connectivity index (χ3n) is 6.23. The van der Waals surface area contributed by atoms with Crippen LogP contribution in [0.2, 0.25) is 6.04 Å². The number of hydrogen-bond acceptors (Lipinski definition) is 4. The van der Waals surface area contributed by atoms with Gasteiger partial charge in [0, 0.05) is 25.0 Å². The molecule has 0 aromatic rings. The van der Waals surface area contributed by atoms with E-state index >= 15 is 0 Å². The second-order valence-electron chi connectivity index (χ2n) is 8.60. The Morgan fingerprint density at radius 2 is 1.12 bits per heavy atom. The zero-order chi connectivity index (χ0) is 20.2. The van der Waals surface area contributed by atoms with Crippen molar-refractivity contribution in [2.24, 2.45) is 5.41 Å². The Kier molecular flexibility index (Phi) is 13.3. The fraction of sp³-hybridized carbons (Fsp3) is 1.00. The van der Waals surface area contributed by atoms with Gasteiger partial charge in [-0.25, -0.2) is 0 Å². The first kappa shape index (κ1) is 26.1. The minimum absolute atomic E-state index is 0.107. The Balaban J connectivity index is 5.11. The summed E-state index contributed by atoms with van der Waals surface area (Å²) in [5, 5.41) is 0. The summed E-state index contributed by atoms with van der Waals surface area (Å²) in [5.41, 5.74) is 0.432. The maximum Gasteiger partial charge on any atom is 0.162 e. The highest BCUT2D eigenvalue weighted by Crippen LogP contribution is 2.29. The molecule has 0 saturated heterocycles. The van der Waals surface area contributed by atoms with Crippen LogP contribution in [0.15, 0.2) is 0 Å². The molecule has 26 heavy (non-hydrogen) atoms. The van der Waals surface area contributed by atoms with E-state index in [0.717, 1.165) is 32.5 Å². The molecule has 5 heteroatoms. The first-order valence-corrected chi connectivity index (χ1v) is 12.5. The summed E-state index contributed by atoms with van der Waals surface area (Å²) in [6, 6.07) is 1.28. The Morgan fingerprint density at radius 1 is 0.731 bits per heavy atom. The first-order valence-electron chi connectivity index (χ1n) is 10.9. The van der Waals surface area contributed by atoms with Crippen LogP contribution in [0.4, 0.5) is 0 Å².